The zero-order valence-corrected chi connectivity index (χ0v) is 17.9. The Morgan fingerprint density at radius 2 is 1.77 bits per heavy atom. The van der Waals surface area contributed by atoms with E-state index in [1.54, 1.807) is 18.2 Å². The molecule has 0 spiro atoms. The second-order valence-electron chi connectivity index (χ2n) is 7.83. The minimum absolute atomic E-state index is 0.000690. The fourth-order valence-corrected chi connectivity index (χ4v) is 5.10. The second kappa shape index (κ2) is 9.49. The van der Waals surface area contributed by atoms with Crippen LogP contribution in [0.25, 0.3) is 0 Å². The number of nitrogens with zero attached hydrogens (tertiary/aromatic N) is 1. The lowest BCUT2D eigenvalue weighted by Crippen LogP contribution is -2.51. The van der Waals surface area contributed by atoms with Crippen molar-refractivity contribution in [2.75, 3.05) is 17.2 Å². The van der Waals surface area contributed by atoms with Crippen molar-refractivity contribution >= 4 is 27.4 Å². The lowest BCUT2D eigenvalue weighted by atomic mass is 9.93. The molecule has 0 aromatic heterocycles. The van der Waals surface area contributed by atoms with Gasteiger partial charge in [-0.2, -0.15) is 4.72 Å². The van der Waals surface area contributed by atoms with Crippen molar-refractivity contribution in [3.05, 3.63) is 54.1 Å². The highest BCUT2D eigenvalue weighted by Gasteiger charge is 2.31. The Morgan fingerprint density at radius 3 is 2.37 bits per heavy atom. The SMILES string of the molecule is Cc1ccc(S(=O)(=O)N[C@H](CN(c2ccccc2N)C2CCCCC2)C(=O)O)cc1. The molecule has 0 unspecified atom stereocenters. The highest BCUT2D eigenvalue weighted by Crippen LogP contribution is 2.31. The van der Waals surface area contributed by atoms with Gasteiger partial charge in [0.25, 0.3) is 0 Å². The van der Waals surface area contributed by atoms with Gasteiger partial charge < -0.3 is 15.7 Å². The predicted molar refractivity (Wildman–Crippen MR) is 118 cm³/mol. The van der Waals surface area contributed by atoms with E-state index < -0.39 is 22.0 Å². The van der Waals surface area contributed by atoms with Crippen LogP contribution in [-0.4, -0.2) is 38.1 Å². The number of nitrogens with two attached hydrogens (primary N) is 1. The van der Waals surface area contributed by atoms with Crippen LogP contribution in [0.5, 0.6) is 0 Å². The Kier molecular flexibility index (Phi) is 6.99. The summed E-state index contributed by atoms with van der Waals surface area (Å²) in [6.45, 7) is 1.86. The largest absolute Gasteiger partial charge is 0.480 e. The molecule has 0 radical (unpaired) electrons. The molecule has 2 aromatic carbocycles. The number of hydrogen-bond acceptors (Lipinski definition) is 5. The molecule has 1 atom stereocenters. The van der Waals surface area contributed by atoms with Gasteiger partial charge in [-0.05, 0) is 44.0 Å². The molecule has 1 aliphatic carbocycles. The van der Waals surface area contributed by atoms with Crippen LogP contribution in [-0.2, 0) is 14.8 Å². The van der Waals surface area contributed by atoms with Crippen molar-refractivity contribution in [2.24, 2.45) is 0 Å². The minimum Gasteiger partial charge on any atom is -0.480 e. The number of aliphatic carboxylic acids is 1. The van der Waals surface area contributed by atoms with Crippen molar-refractivity contribution in [2.45, 2.75) is 56.0 Å². The molecule has 1 saturated carbocycles. The number of aryl methyl sites for hydroxylation is 1. The summed E-state index contributed by atoms with van der Waals surface area (Å²) < 4.78 is 28.0. The van der Waals surface area contributed by atoms with Gasteiger partial charge in [0.1, 0.15) is 6.04 Å². The summed E-state index contributed by atoms with van der Waals surface area (Å²) in [6.07, 6.45) is 5.11. The molecule has 3 rings (SSSR count). The molecule has 30 heavy (non-hydrogen) atoms. The molecule has 0 amide bonds. The van der Waals surface area contributed by atoms with Gasteiger partial charge in [-0.25, -0.2) is 8.42 Å². The van der Waals surface area contributed by atoms with Crippen LogP contribution < -0.4 is 15.4 Å². The van der Waals surface area contributed by atoms with E-state index in [9.17, 15) is 18.3 Å². The number of benzene rings is 2. The number of rotatable bonds is 8. The predicted octanol–water partition coefficient (Wildman–Crippen LogP) is 3.15. The Bertz CT molecular complexity index is 970. The summed E-state index contributed by atoms with van der Waals surface area (Å²) in [4.78, 5) is 14.0. The number of carboxylic acid groups (broad SMARTS) is 1. The summed E-state index contributed by atoms with van der Waals surface area (Å²) in [6, 6.07) is 12.4. The maximum Gasteiger partial charge on any atom is 0.323 e. The molecular weight excluding hydrogens is 402 g/mol. The Hall–Kier alpha value is -2.58. The van der Waals surface area contributed by atoms with Crippen LogP contribution >= 0.6 is 0 Å². The molecule has 0 heterocycles. The van der Waals surface area contributed by atoms with Crippen LogP contribution in [0.15, 0.2) is 53.4 Å². The van der Waals surface area contributed by atoms with Gasteiger partial charge in [-0.1, -0.05) is 49.1 Å². The summed E-state index contributed by atoms with van der Waals surface area (Å²) in [5, 5.41) is 9.81. The molecule has 1 fully saturated rings. The highest BCUT2D eigenvalue weighted by molar-refractivity contribution is 7.89. The number of sulfonamides is 1. The smallest absolute Gasteiger partial charge is 0.323 e. The number of para-hydroxylation sites is 2. The minimum atomic E-state index is -3.98. The third kappa shape index (κ3) is 5.31. The van der Waals surface area contributed by atoms with Crippen molar-refractivity contribution in [1.82, 2.24) is 4.72 Å². The normalized spacial score (nSPS) is 16.2. The first-order chi connectivity index (χ1) is 14.3. The maximum absolute atomic E-state index is 12.8. The summed E-state index contributed by atoms with van der Waals surface area (Å²) in [7, 11) is -3.98. The van der Waals surface area contributed by atoms with Gasteiger partial charge in [-0.3, -0.25) is 4.79 Å². The van der Waals surface area contributed by atoms with Crippen molar-refractivity contribution in [3.8, 4) is 0 Å². The zero-order chi connectivity index (χ0) is 21.7. The molecule has 8 heteroatoms. The zero-order valence-electron chi connectivity index (χ0n) is 17.1. The van der Waals surface area contributed by atoms with Crippen molar-refractivity contribution in [3.63, 3.8) is 0 Å². The van der Waals surface area contributed by atoms with Gasteiger partial charge in [0.2, 0.25) is 10.0 Å². The fraction of sp³-hybridized carbons (Fsp3) is 0.409. The molecule has 0 aliphatic heterocycles. The second-order valence-corrected chi connectivity index (χ2v) is 9.54. The average molecular weight is 432 g/mol. The van der Waals surface area contributed by atoms with E-state index in [0.717, 1.165) is 43.4 Å². The molecule has 7 nitrogen and oxygen atoms in total. The lowest BCUT2D eigenvalue weighted by molar-refractivity contribution is -0.138. The monoisotopic (exact) mass is 431 g/mol. The first-order valence-electron chi connectivity index (χ1n) is 10.2. The average Bonchev–Trinajstić information content (AvgIpc) is 2.72. The van der Waals surface area contributed by atoms with Gasteiger partial charge in [0, 0.05) is 12.6 Å². The molecule has 2 aromatic rings. The van der Waals surface area contributed by atoms with Crippen LogP contribution in [0.3, 0.4) is 0 Å². The first kappa shape index (κ1) is 22.1. The maximum atomic E-state index is 12.8. The van der Waals surface area contributed by atoms with Gasteiger partial charge in [0.05, 0.1) is 16.3 Å². The van der Waals surface area contributed by atoms with E-state index in [1.807, 2.05) is 30.0 Å². The number of carbonyl (C=O) groups is 1. The number of anilines is 2. The van der Waals surface area contributed by atoms with Crippen molar-refractivity contribution in [1.29, 1.82) is 0 Å². The number of nitrogen functional groups attached to an aromatic ring is 1. The number of hydrogen-bond donors (Lipinski definition) is 3. The summed E-state index contributed by atoms with van der Waals surface area (Å²) >= 11 is 0. The Morgan fingerprint density at radius 1 is 1.13 bits per heavy atom. The van der Waals surface area contributed by atoms with E-state index >= 15 is 0 Å². The molecule has 4 N–H and O–H groups in total. The summed E-state index contributed by atoms with van der Waals surface area (Å²) in [5.74, 6) is -1.22. The van der Waals surface area contributed by atoms with E-state index in [0.29, 0.717) is 5.69 Å². The fourth-order valence-electron chi connectivity index (χ4n) is 3.92. The van der Waals surface area contributed by atoms with Gasteiger partial charge >= 0.3 is 5.97 Å². The van der Waals surface area contributed by atoms with E-state index in [1.165, 1.54) is 12.1 Å². The first-order valence-corrected chi connectivity index (χ1v) is 11.7. The van der Waals surface area contributed by atoms with Crippen LogP contribution in [0.2, 0.25) is 0 Å². The van der Waals surface area contributed by atoms with E-state index in [4.69, 9.17) is 5.73 Å². The Balaban J connectivity index is 1.88. The van der Waals surface area contributed by atoms with Crippen molar-refractivity contribution < 1.29 is 18.3 Å². The molecule has 0 bridgehead atoms. The third-order valence-electron chi connectivity index (χ3n) is 5.57. The van der Waals surface area contributed by atoms with Crippen LogP contribution in [0.1, 0.15) is 37.7 Å². The topological polar surface area (TPSA) is 113 Å². The van der Waals surface area contributed by atoms with Gasteiger partial charge in [0.15, 0.2) is 0 Å². The van der Waals surface area contributed by atoms with E-state index in [-0.39, 0.29) is 17.5 Å². The lowest BCUT2D eigenvalue weighted by Gasteiger charge is -2.38. The van der Waals surface area contributed by atoms with Gasteiger partial charge in [-0.15, -0.1) is 0 Å². The number of carboxylic acids is 1. The third-order valence-corrected chi connectivity index (χ3v) is 7.06. The quantitative estimate of drug-likeness (QED) is 0.554. The molecule has 162 valence electrons. The highest BCUT2D eigenvalue weighted by atomic mass is 32.2. The number of nitrogens with one attached hydrogen (secondary N) is 1. The molecule has 1 aliphatic rings. The molecular formula is C22H29N3O4S. The summed E-state index contributed by atoms with van der Waals surface area (Å²) in [5.41, 5.74) is 8.40. The molecule has 0 saturated heterocycles. The van der Waals surface area contributed by atoms with E-state index in [2.05, 4.69) is 4.72 Å². The van der Waals surface area contributed by atoms with Crippen LogP contribution in [0.4, 0.5) is 11.4 Å². The Labute approximate surface area is 177 Å². The van der Waals surface area contributed by atoms with Crippen LogP contribution in [0, 0.1) is 6.92 Å². The standard InChI is InChI=1S/C22H29N3O4S/c1-16-11-13-18(14-12-16)30(28,29)24-20(22(26)27)15-25(17-7-3-2-4-8-17)21-10-6-5-9-19(21)23/h5-6,9-14,17,20,24H,2-4,7-8,15,23H2,1H3,(H,26,27)/t20-/m1/s1.